The average molecular weight is 382 g/mol. The zero-order valence-corrected chi connectivity index (χ0v) is 16.0. The topological polar surface area (TPSA) is 27.7 Å². The van der Waals surface area contributed by atoms with Crippen LogP contribution in [0.2, 0.25) is 0 Å². The first-order chi connectivity index (χ1) is 14.3. The highest BCUT2D eigenvalue weighted by Crippen LogP contribution is 2.29. The third-order valence-electron chi connectivity index (χ3n) is 4.31. The van der Waals surface area contributed by atoms with Crippen LogP contribution >= 0.6 is 0 Å². The lowest BCUT2D eigenvalue weighted by atomic mass is 10.1. The summed E-state index contributed by atoms with van der Waals surface area (Å²) < 4.78 is 19.1. The van der Waals surface area contributed by atoms with Gasteiger partial charge in [-0.2, -0.15) is 0 Å². The van der Waals surface area contributed by atoms with E-state index in [9.17, 15) is 0 Å². The van der Waals surface area contributed by atoms with Crippen molar-refractivity contribution in [3.63, 3.8) is 0 Å². The number of benzene rings is 4. The first-order valence-electron chi connectivity index (χ1n) is 9.57. The van der Waals surface area contributed by atoms with E-state index >= 15 is 0 Å². The maximum absolute atomic E-state index is 6.37. The minimum Gasteiger partial charge on any atom is -0.420 e. The van der Waals surface area contributed by atoms with E-state index in [0.717, 1.165) is 5.56 Å². The summed E-state index contributed by atoms with van der Waals surface area (Å²) in [7, 11) is 0. The molecule has 0 atom stereocenters. The van der Waals surface area contributed by atoms with Gasteiger partial charge in [0, 0.05) is 0 Å². The molecule has 0 heterocycles. The fraction of sp³-hybridized carbons (Fsp3) is 0.0769. The predicted molar refractivity (Wildman–Crippen MR) is 114 cm³/mol. The fourth-order valence-corrected chi connectivity index (χ4v) is 3.02. The Labute approximate surface area is 171 Å². The van der Waals surface area contributed by atoms with Crippen LogP contribution < -0.4 is 14.2 Å². The van der Waals surface area contributed by atoms with E-state index in [1.165, 1.54) is 0 Å². The summed E-state index contributed by atoms with van der Waals surface area (Å²) in [6.07, 6.45) is 0.395. The maximum Gasteiger partial charge on any atom is 0.421 e. The highest BCUT2D eigenvalue weighted by atomic mass is 16.9. The fourth-order valence-electron chi connectivity index (χ4n) is 3.02. The van der Waals surface area contributed by atoms with E-state index in [0.29, 0.717) is 23.7 Å². The van der Waals surface area contributed by atoms with Crippen molar-refractivity contribution in [1.82, 2.24) is 0 Å². The van der Waals surface area contributed by atoms with Crippen LogP contribution in [-0.4, -0.2) is 5.97 Å². The van der Waals surface area contributed by atoms with Crippen molar-refractivity contribution in [2.45, 2.75) is 12.4 Å². The van der Waals surface area contributed by atoms with Crippen LogP contribution in [0.25, 0.3) is 0 Å². The van der Waals surface area contributed by atoms with Crippen molar-refractivity contribution < 1.29 is 14.2 Å². The predicted octanol–water partition coefficient (Wildman–Crippen LogP) is 6.12. The monoisotopic (exact) mass is 382 g/mol. The van der Waals surface area contributed by atoms with E-state index in [1.807, 2.05) is 121 Å². The van der Waals surface area contributed by atoms with Gasteiger partial charge in [-0.25, -0.2) is 0 Å². The third kappa shape index (κ3) is 5.17. The van der Waals surface area contributed by atoms with Crippen molar-refractivity contribution in [1.29, 1.82) is 0 Å². The van der Waals surface area contributed by atoms with Gasteiger partial charge in [0.1, 0.15) is 17.2 Å². The molecular weight excluding hydrogens is 360 g/mol. The lowest BCUT2D eigenvalue weighted by Crippen LogP contribution is -2.50. The number of hydrogen-bond donors (Lipinski definition) is 0. The molecule has 3 heteroatoms. The molecule has 4 rings (SSSR count). The first kappa shape index (κ1) is 18.6. The summed E-state index contributed by atoms with van der Waals surface area (Å²) in [5.74, 6) is 0.603. The van der Waals surface area contributed by atoms with E-state index in [1.54, 1.807) is 0 Å². The molecule has 0 saturated heterocycles. The van der Waals surface area contributed by atoms with Gasteiger partial charge >= 0.3 is 5.97 Å². The van der Waals surface area contributed by atoms with Crippen LogP contribution in [0.15, 0.2) is 121 Å². The van der Waals surface area contributed by atoms with Crippen LogP contribution in [-0.2, 0) is 6.42 Å². The molecule has 0 radical (unpaired) electrons. The number of ether oxygens (including phenoxy) is 3. The SMILES string of the molecule is c1ccc(CC(Oc2ccccc2)(Oc2ccccc2)Oc2ccccc2)cc1. The summed E-state index contributed by atoms with van der Waals surface area (Å²) >= 11 is 0. The quantitative estimate of drug-likeness (QED) is 0.344. The van der Waals surface area contributed by atoms with Gasteiger partial charge in [0.25, 0.3) is 0 Å². The molecule has 0 spiro atoms. The van der Waals surface area contributed by atoms with Gasteiger partial charge in [-0.05, 0) is 42.0 Å². The lowest BCUT2D eigenvalue weighted by molar-refractivity contribution is -0.251. The molecule has 29 heavy (non-hydrogen) atoms. The van der Waals surface area contributed by atoms with Gasteiger partial charge in [0.05, 0.1) is 6.42 Å². The van der Waals surface area contributed by atoms with Crippen LogP contribution in [0.1, 0.15) is 5.56 Å². The molecule has 0 unspecified atom stereocenters. The molecule has 0 fully saturated rings. The Morgan fingerprint density at radius 1 is 0.414 bits per heavy atom. The maximum atomic E-state index is 6.37. The highest BCUT2D eigenvalue weighted by molar-refractivity contribution is 5.27. The van der Waals surface area contributed by atoms with Crippen molar-refractivity contribution >= 4 is 0 Å². The molecule has 0 bridgehead atoms. The normalized spacial score (nSPS) is 10.9. The van der Waals surface area contributed by atoms with Crippen LogP contribution in [0.4, 0.5) is 0 Å². The van der Waals surface area contributed by atoms with Gasteiger partial charge < -0.3 is 14.2 Å². The van der Waals surface area contributed by atoms with Crippen molar-refractivity contribution in [2.75, 3.05) is 0 Å². The summed E-state index contributed by atoms with van der Waals surface area (Å²) in [6.45, 7) is 0. The second kappa shape index (κ2) is 8.98. The van der Waals surface area contributed by atoms with Crippen molar-refractivity contribution in [3.05, 3.63) is 127 Å². The van der Waals surface area contributed by atoms with Gasteiger partial charge in [-0.15, -0.1) is 0 Å². The number of para-hydroxylation sites is 3. The van der Waals surface area contributed by atoms with E-state index in [-0.39, 0.29) is 0 Å². The van der Waals surface area contributed by atoms with Crippen LogP contribution in [0.3, 0.4) is 0 Å². The van der Waals surface area contributed by atoms with Crippen molar-refractivity contribution in [3.8, 4) is 17.2 Å². The molecule has 0 aromatic heterocycles. The standard InChI is InChI=1S/C26H22O3/c1-5-13-22(14-6-1)21-26(27-23-15-7-2-8-16-23,28-24-17-9-3-10-18-24)29-25-19-11-4-12-20-25/h1-20H,21H2. The smallest absolute Gasteiger partial charge is 0.420 e. The zero-order chi connectivity index (χ0) is 19.8. The minimum absolute atomic E-state index is 0.395. The average Bonchev–Trinajstić information content (AvgIpc) is 2.76. The molecular formula is C26H22O3. The Balaban J connectivity index is 1.75. The summed E-state index contributed by atoms with van der Waals surface area (Å²) in [5, 5.41) is 0. The molecule has 4 aromatic carbocycles. The van der Waals surface area contributed by atoms with Gasteiger partial charge in [0.2, 0.25) is 0 Å². The Morgan fingerprint density at radius 3 is 1.07 bits per heavy atom. The number of hydrogen-bond acceptors (Lipinski definition) is 3. The van der Waals surface area contributed by atoms with E-state index in [2.05, 4.69) is 0 Å². The second-order valence-electron chi connectivity index (χ2n) is 6.59. The molecule has 4 aromatic rings. The summed E-state index contributed by atoms with van der Waals surface area (Å²) in [6, 6.07) is 38.8. The van der Waals surface area contributed by atoms with Crippen molar-refractivity contribution in [2.24, 2.45) is 0 Å². The Kier molecular flexibility index (Phi) is 5.77. The van der Waals surface area contributed by atoms with E-state index < -0.39 is 5.97 Å². The molecule has 0 saturated carbocycles. The molecule has 3 nitrogen and oxygen atoms in total. The van der Waals surface area contributed by atoms with Gasteiger partial charge in [0.15, 0.2) is 0 Å². The molecule has 0 aliphatic carbocycles. The Morgan fingerprint density at radius 2 is 0.724 bits per heavy atom. The Bertz CT molecular complexity index is 816. The molecule has 0 aliphatic heterocycles. The molecule has 0 amide bonds. The summed E-state index contributed by atoms with van der Waals surface area (Å²) in [5.41, 5.74) is 1.04. The molecule has 144 valence electrons. The van der Waals surface area contributed by atoms with E-state index in [4.69, 9.17) is 14.2 Å². The second-order valence-corrected chi connectivity index (χ2v) is 6.59. The first-order valence-corrected chi connectivity index (χ1v) is 9.57. The highest BCUT2D eigenvalue weighted by Gasteiger charge is 2.39. The molecule has 0 N–H and O–H groups in total. The Hall–Kier alpha value is -3.72. The number of rotatable bonds is 8. The lowest BCUT2D eigenvalue weighted by Gasteiger charge is -2.34. The molecule has 0 aliphatic rings. The summed E-state index contributed by atoms with van der Waals surface area (Å²) in [4.78, 5) is 0. The minimum atomic E-state index is -1.38. The zero-order valence-electron chi connectivity index (χ0n) is 16.0. The largest absolute Gasteiger partial charge is 0.421 e. The third-order valence-corrected chi connectivity index (χ3v) is 4.31. The van der Waals surface area contributed by atoms with Crippen LogP contribution in [0.5, 0.6) is 17.2 Å². The van der Waals surface area contributed by atoms with Gasteiger partial charge in [-0.1, -0.05) is 84.9 Å². The van der Waals surface area contributed by atoms with Gasteiger partial charge in [-0.3, -0.25) is 0 Å². The van der Waals surface area contributed by atoms with Crippen LogP contribution in [0, 0.1) is 0 Å².